The maximum Gasteiger partial charge on any atom is 2.00 e. The second-order valence-corrected chi connectivity index (χ2v) is 6.81. The summed E-state index contributed by atoms with van der Waals surface area (Å²) in [6.45, 7) is 2.88. The van der Waals surface area contributed by atoms with E-state index in [-0.39, 0.29) is 51.5 Å². The van der Waals surface area contributed by atoms with Crippen LogP contribution < -0.4 is 33.1 Å². The summed E-state index contributed by atoms with van der Waals surface area (Å²) in [6.07, 6.45) is 1.44. The molecule has 0 fully saturated rings. The molecule has 0 aliphatic rings. The van der Waals surface area contributed by atoms with Crippen LogP contribution in [0.4, 0.5) is 11.4 Å². The van der Waals surface area contributed by atoms with E-state index in [0.29, 0.717) is 11.1 Å². The standard InChI is InChI=1S/2C8H7NO4.2C3H10N2.Cd/c2*10-8(11)5-6-1-3-7(4-2-6)9(12)13;2*4-2-1-3-5;/h2*1-4H,5H2,(H,10,11);2*1-5H2;/q;;;;+2/p-2. The third-order valence-corrected chi connectivity index (χ3v) is 3.81. The summed E-state index contributed by atoms with van der Waals surface area (Å²) in [7, 11) is 0. The molecule has 0 aliphatic heterocycles. The van der Waals surface area contributed by atoms with Crippen molar-refractivity contribution in [1.29, 1.82) is 0 Å². The SMILES string of the molecule is NCCCN.NCCCN.O=C([O-])Cc1ccc([N+](=O)[O-])cc1.O=C([O-])Cc1ccc([N+](=O)[O-])cc1.[Cd+2]. The third-order valence-electron chi connectivity index (χ3n) is 3.81. The number of carboxylic acids is 2. The number of nitro groups is 2. The van der Waals surface area contributed by atoms with Crippen LogP contribution in [0.1, 0.15) is 24.0 Å². The number of nitrogens with two attached hydrogens (primary N) is 4. The fourth-order valence-electron chi connectivity index (χ4n) is 2.04. The molecule has 0 saturated heterocycles. The van der Waals surface area contributed by atoms with Gasteiger partial charge >= 0.3 is 27.3 Å². The van der Waals surface area contributed by atoms with Crippen LogP contribution in [-0.4, -0.2) is 48.0 Å². The minimum atomic E-state index is -1.20. The first kappa shape index (κ1) is 38.5. The van der Waals surface area contributed by atoms with E-state index in [9.17, 15) is 40.0 Å². The van der Waals surface area contributed by atoms with Crippen LogP contribution in [0.15, 0.2) is 48.5 Å². The summed E-state index contributed by atoms with van der Waals surface area (Å²) in [5.74, 6) is -2.40. The van der Waals surface area contributed by atoms with Gasteiger partial charge < -0.3 is 42.7 Å². The second-order valence-electron chi connectivity index (χ2n) is 6.81. The third kappa shape index (κ3) is 23.1. The number of carboxylic acid groups (broad SMARTS) is 2. The fraction of sp³-hybridized carbons (Fsp3) is 0.364. The van der Waals surface area contributed by atoms with Crippen molar-refractivity contribution in [3.8, 4) is 0 Å². The summed E-state index contributed by atoms with van der Waals surface area (Å²) < 4.78 is 0. The number of nitro benzene ring substituents is 2. The van der Waals surface area contributed by atoms with Crippen molar-refractivity contribution in [2.24, 2.45) is 22.9 Å². The van der Waals surface area contributed by atoms with Gasteiger partial charge in [-0.1, -0.05) is 24.3 Å². The molecule has 2 aromatic carbocycles. The van der Waals surface area contributed by atoms with Crippen LogP contribution in [0.2, 0.25) is 0 Å². The van der Waals surface area contributed by atoms with Crippen molar-refractivity contribution in [1.82, 2.24) is 0 Å². The molecular weight excluding hydrogens is 589 g/mol. The number of non-ortho nitro benzene ring substituents is 2. The van der Waals surface area contributed by atoms with Crippen LogP contribution >= 0.6 is 0 Å². The van der Waals surface area contributed by atoms with Crippen molar-refractivity contribution in [3.63, 3.8) is 0 Å². The Morgan fingerprint density at radius 2 is 0.838 bits per heavy atom. The number of carbonyl (C=O) groups is 2. The van der Waals surface area contributed by atoms with Gasteiger partial charge in [0.2, 0.25) is 0 Å². The van der Waals surface area contributed by atoms with E-state index in [2.05, 4.69) is 0 Å². The number of nitrogens with zero attached hydrogens (tertiary/aromatic N) is 2. The number of hydrogen-bond donors (Lipinski definition) is 4. The summed E-state index contributed by atoms with van der Waals surface area (Å²) in [5, 5.41) is 40.7. The molecule has 0 saturated carbocycles. The number of hydrogen-bond acceptors (Lipinski definition) is 12. The molecule has 0 amide bonds. The number of aliphatic carboxylic acids is 2. The minimum Gasteiger partial charge on any atom is -0.550 e. The first-order chi connectivity index (χ1) is 17.0. The van der Waals surface area contributed by atoms with E-state index >= 15 is 0 Å². The van der Waals surface area contributed by atoms with Crippen molar-refractivity contribution in [2.45, 2.75) is 25.7 Å². The molecule has 200 valence electrons. The Morgan fingerprint density at radius 3 is 0.973 bits per heavy atom. The molecule has 0 unspecified atom stereocenters. The van der Waals surface area contributed by atoms with E-state index in [4.69, 9.17) is 22.9 Å². The van der Waals surface area contributed by atoms with Crippen LogP contribution in [0, 0.1) is 20.2 Å². The minimum absolute atomic E-state index is 0. The molecule has 15 heteroatoms. The molecule has 2 aromatic rings. The van der Waals surface area contributed by atoms with Gasteiger partial charge in [0, 0.05) is 49.0 Å². The van der Waals surface area contributed by atoms with Crippen molar-refractivity contribution >= 4 is 23.3 Å². The second kappa shape index (κ2) is 24.6. The fourth-order valence-corrected chi connectivity index (χ4v) is 2.04. The predicted molar refractivity (Wildman–Crippen MR) is 129 cm³/mol. The number of carbonyl (C=O) groups excluding carboxylic acids is 2. The first-order valence-electron chi connectivity index (χ1n) is 10.7. The van der Waals surface area contributed by atoms with Crippen LogP contribution in [0.5, 0.6) is 0 Å². The first-order valence-corrected chi connectivity index (χ1v) is 10.7. The van der Waals surface area contributed by atoms with E-state index in [1.807, 2.05) is 0 Å². The summed E-state index contributed by atoms with van der Waals surface area (Å²) in [5.41, 5.74) is 21.1. The monoisotopic (exact) mass is 622 g/mol. The molecule has 0 atom stereocenters. The van der Waals surface area contributed by atoms with Crippen molar-refractivity contribution in [3.05, 3.63) is 79.9 Å². The summed E-state index contributed by atoms with van der Waals surface area (Å²) in [6, 6.07) is 10.6. The zero-order valence-corrected chi connectivity index (χ0v) is 24.5. The molecule has 8 N–H and O–H groups in total. The van der Waals surface area contributed by atoms with Crippen molar-refractivity contribution in [2.75, 3.05) is 26.2 Å². The molecule has 0 aliphatic carbocycles. The van der Waals surface area contributed by atoms with Gasteiger partial charge in [-0.25, -0.2) is 0 Å². The van der Waals surface area contributed by atoms with Gasteiger partial charge in [-0.2, -0.15) is 0 Å². The number of rotatable bonds is 10. The van der Waals surface area contributed by atoms with Crippen LogP contribution in [-0.2, 0) is 49.7 Å². The zero-order valence-electron chi connectivity index (χ0n) is 20.5. The van der Waals surface area contributed by atoms with Gasteiger partial charge in [0.15, 0.2) is 0 Å². The molecular formula is C22H32CdN6O8. The average molecular weight is 621 g/mol. The molecule has 0 bridgehead atoms. The van der Waals surface area contributed by atoms with Crippen LogP contribution in [0.25, 0.3) is 0 Å². The molecule has 14 nitrogen and oxygen atoms in total. The van der Waals surface area contributed by atoms with E-state index in [0.717, 1.165) is 39.0 Å². The molecule has 37 heavy (non-hydrogen) atoms. The Morgan fingerprint density at radius 1 is 0.595 bits per heavy atom. The normalized spacial score (nSPS) is 8.97. The van der Waals surface area contributed by atoms with E-state index < -0.39 is 21.8 Å². The Hall–Kier alpha value is -3.06. The zero-order chi connectivity index (χ0) is 27.9. The van der Waals surface area contributed by atoms with Crippen LogP contribution in [0.3, 0.4) is 0 Å². The molecule has 0 aromatic heterocycles. The predicted octanol–water partition coefficient (Wildman–Crippen LogP) is -1.64. The topological polar surface area (TPSA) is 271 Å². The maximum absolute atomic E-state index is 10.2. The van der Waals surface area contributed by atoms with Gasteiger partial charge in [-0.15, -0.1) is 0 Å². The molecule has 0 heterocycles. The molecule has 0 radical (unpaired) electrons. The quantitative estimate of drug-likeness (QED) is 0.132. The Bertz CT molecular complexity index is 835. The number of benzene rings is 2. The van der Waals surface area contributed by atoms with E-state index in [1.54, 1.807) is 0 Å². The van der Waals surface area contributed by atoms with E-state index in [1.165, 1.54) is 48.5 Å². The van der Waals surface area contributed by atoms with Gasteiger partial charge in [-0.05, 0) is 50.1 Å². The Labute approximate surface area is 234 Å². The van der Waals surface area contributed by atoms with Gasteiger partial charge in [0.05, 0.1) is 9.85 Å². The summed E-state index contributed by atoms with van der Waals surface area (Å²) >= 11 is 0. The van der Waals surface area contributed by atoms with Crippen molar-refractivity contribution < 1.29 is 56.9 Å². The average Bonchev–Trinajstić information content (AvgIpc) is 2.81. The molecule has 2 rings (SSSR count). The Balaban J connectivity index is -0.000000453. The Kier molecular flexibility index (Phi) is 25.6. The van der Waals surface area contributed by atoms with Gasteiger partial charge in [0.1, 0.15) is 0 Å². The molecule has 0 spiro atoms. The largest absolute Gasteiger partial charge is 2.00 e. The van der Waals surface area contributed by atoms with Gasteiger partial charge in [-0.3, -0.25) is 20.2 Å². The summed E-state index contributed by atoms with van der Waals surface area (Å²) in [4.78, 5) is 39.6. The smallest absolute Gasteiger partial charge is 0.550 e. The van der Waals surface area contributed by atoms with Gasteiger partial charge in [0.25, 0.3) is 11.4 Å². The maximum atomic E-state index is 10.2.